The van der Waals surface area contributed by atoms with Gasteiger partial charge in [-0.15, -0.1) is 0 Å². The molecule has 1 heterocycles. The number of amides is 1. The highest BCUT2D eigenvalue weighted by atomic mass is 16.5. The van der Waals surface area contributed by atoms with Crippen LogP contribution >= 0.6 is 0 Å². The molecule has 1 saturated heterocycles. The Balaban J connectivity index is 1.55. The Bertz CT molecular complexity index is 682. The molecule has 2 aromatic rings. The van der Waals surface area contributed by atoms with Gasteiger partial charge < -0.3 is 20.1 Å². The van der Waals surface area contributed by atoms with Gasteiger partial charge in [-0.1, -0.05) is 30.3 Å². The van der Waals surface area contributed by atoms with E-state index in [4.69, 9.17) is 4.74 Å². The highest BCUT2D eigenvalue weighted by Crippen LogP contribution is 2.24. The Kier molecular flexibility index (Phi) is 6.04. The zero-order valence-electron chi connectivity index (χ0n) is 14.2. The van der Waals surface area contributed by atoms with Crippen LogP contribution in [0.15, 0.2) is 54.6 Å². The van der Waals surface area contributed by atoms with Gasteiger partial charge in [0.25, 0.3) is 5.91 Å². The standard InChI is InChI=1S/C20H24N2O3/c23-16-10-13-22(14-11-16)15-12-21-20(24)18-8-4-5-9-19(18)25-17-6-2-1-3-7-17/h1-9,16,23H,10-15H2,(H,21,24). The molecular weight excluding hydrogens is 316 g/mol. The molecule has 0 atom stereocenters. The first-order valence-corrected chi connectivity index (χ1v) is 8.73. The van der Waals surface area contributed by atoms with E-state index < -0.39 is 0 Å². The molecular formula is C20H24N2O3. The van der Waals surface area contributed by atoms with Crippen molar-refractivity contribution in [2.75, 3.05) is 26.2 Å². The number of aliphatic hydroxyl groups is 1. The molecule has 1 amide bonds. The predicted molar refractivity (Wildman–Crippen MR) is 97.0 cm³/mol. The first-order chi connectivity index (χ1) is 12.2. The summed E-state index contributed by atoms with van der Waals surface area (Å²) >= 11 is 0. The van der Waals surface area contributed by atoms with E-state index in [-0.39, 0.29) is 12.0 Å². The van der Waals surface area contributed by atoms with Crippen LogP contribution < -0.4 is 10.1 Å². The maximum atomic E-state index is 12.5. The highest BCUT2D eigenvalue weighted by Gasteiger charge is 2.17. The topological polar surface area (TPSA) is 61.8 Å². The van der Waals surface area contributed by atoms with Gasteiger partial charge in [0.15, 0.2) is 0 Å². The number of likely N-dealkylation sites (tertiary alicyclic amines) is 1. The van der Waals surface area contributed by atoms with Crippen molar-refractivity contribution in [1.82, 2.24) is 10.2 Å². The number of benzene rings is 2. The van der Waals surface area contributed by atoms with Crippen LogP contribution in [0.4, 0.5) is 0 Å². The third-order valence-electron chi connectivity index (χ3n) is 4.37. The summed E-state index contributed by atoms with van der Waals surface area (Å²) < 4.78 is 5.84. The normalized spacial score (nSPS) is 15.7. The van der Waals surface area contributed by atoms with E-state index >= 15 is 0 Å². The van der Waals surface area contributed by atoms with Gasteiger partial charge in [0, 0.05) is 26.2 Å². The van der Waals surface area contributed by atoms with Crippen molar-refractivity contribution in [2.45, 2.75) is 18.9 Å². The summed E-state index contributed by atoms with van der Waals surface area (Å²) in [6, 6.07) is 16.7. The van der Waals surface area contributed by atoms with E-state index in [9.17, 15) is 9.90 Å². The highest BCUT2D eigenvalue weighted by molar-refractivity contribution is 5.97. The first kappa shape index (κ1) is 17.5. The average molecular weight is 340 g/mol. The Morgan fingerprint density at radius 1 is 1.08 bits per heavy atom. The number of piperidine rings is 1. The van der Waals surface area contributed by atoms with Crippen LogP contribution in [0.3, 0.4) is 0 Å². The SMILES string of the molecule is O=C(NCCN1CCC(O)CC1)c1ccccc1Oc1ccccc1. The zero-order valence-corrected chi connectivity index (χ0v) is 14.2. The quantitative estimate of drug-likeness (QED) is 0.849. The summed E-state index contributed by atoms with van der Waals surface area (Å²) in [4.78, 5) is 14.8. The van der Waals surface area contributed by atoms with E-state index in [1.807, 2.05) is 42.5 Å². The van der Waals surface area contributed by atoms with Crippen LogP contribution in [0.5, 0.6) is 11.5 Å². The van der Waals surface area contributed by atoms with Crippen molar-refractivity contribution in [3.8, 4) is 11.5 Å². The van der Waals surface area contributed by atoms with Crippen LogP contribution in [0, 0.1) is 0 Å². The van der Waals surface area contributed by atoms with E-state index in [0.717, 1.165) is 32.5 Å². The molecule has 0 radical (unpaired) electrons. The van der Waals surface area contributed by atoms with Crippen LogP contribution in [-0.2, 0) is 0 Å². The predicted octanol–water partition coefficient (Wildman–Crippen LogP) is 2.67. The number of hydrogen-bond donors (Lipinski definition) is 2. The van der Waals surface area contributed by atoms with Gasteiger partial charge in [-0.2, -0.15) is 0 Å². The molecule has 0 saturated carbocycles. The molecule has 0 unspecified atom stereocenters. The molecule has 2 N–H and O–H groups in total. The monoisotopic (exact) mass is 340 g/mol. The van der Waals surface area contributed by atoms with Crippen molar-refractivity contribution in [1.29, 1.82) is 0 Å². The lowest BCUT2D eigenvalue weighted by atomic mass is 10.1. The summed E-state index contributed by atoms with van der Waals surface area (Å²) in [6.45, 7) is 3.13. The summed E-state index contributed by atoms with van der Waals surface area (Å²) in [7, 11) is 0. The van der Waals surface area contributed by atoms with Crippen molar-refractivity contribution >= 4 is 5.91 Å². The van der Waals surface area contributed by atoms with Crippen LogP contribution in [0.2, 0.25) is 0 Å². The second kappa shape index (κ2) is 8.65. The second-order valence-corrected chi connectivity index (χ2v) is 6.24. The second-order valence-electron chi connectivity index (χ2n) is 6.24. The minimum atomic E-state index is -0.173. The molecule has 3 rings (SSSR count). The lowest BCUT2D eigenvalue weighted by molar-refractivity contribution is 0.0804. The molecule has 0 aliphatic carbocycles. The van der Waals surface area contributed by atoms with E-state index in [0.29, 0.717) is 23.6 Å². The van der Waals surface area contributed by atoms with Crippen molar-refractivity contribution < 1.29 is 14.6 Å². The fourth-order valence-electron chi connectivity index (χ4n) is 2.92. The number of nitrogens with zero attached hydrogens (tertiary/aromatic N) is 1. The maximum absolute atomic E-state index is 12.5. The number of para-hydroxylation sites is 2. The summed E-state index contributed by atoms with van der Waals surface area (Å²) in [5.41, 5.74) is 0.528. The lowest BCUT2D eigenvalue weighted by Crippen LogP contribution is -2.40. The van der Waals surface area contributed by atoms with E-state index in [1.54, 1.807) is 12.1 Å². The number of carbonyl (C=O) groups is 1. The number of hydrogen-bond acceptors (Lipinski definition) is 4. The van der Waals surface area contributed by atoms with Crippen LogP contribution in [-0.4, -0.2) is 48.2 Å². The minimum Gasteiger partial charge on any atom is -0.457 e. The van der Waals surface area contributed by atoms with Crippen LogP contribution in [0.1, 0.15) is 23.2 Å². The zero-order chi connectivity index (χ0) is 17.5. The number of carbonyl (C=O) groups excluding carboxylic acids is 1. The molecule has 0 aromatic heterocycles. The molecule has 5 nitrogen and oxygen atoms in total. The Labute approximate surface area is 148 Å². The number of ether oxygens (including phenoxy) is 1. The van der Waals surface area contributed by atoms with Crippen LogP contribution in [0.25, 0.3) is 0 Å². The summed E-state index contributed by atoms with van der Waals surface area (Å²) in [5, 5.41) is 12.5. The Hall–Kier alpha value is -2.37. The molecule has 1 fully saturated rings. The Morgan fingerprint density at radius 3 is 2.52 bits per heavy atom. The third kappa shape index (κ3) is 5.05. The average Bonchev–Trinajstić information content (AvgIpc) is 2.64. The molecule has 5 heteroatoms. The van der Waals surface area contributed by atoms with Gasteiger partial charge in [-0.3, -0.25) is 4.79 Å². The van der Waals surface area contributed by atoms with Gasteiger partial charge in [0.1, 0.15) is 11.5 Å². The third-order valence-corrected chi connectivity index (χ3v) is 4.37. The van der Waals surface area contributed by atoms with E-state index in [1.165, 1.54) is 0 Å². The molecule has 1 aliphatic heterocycles. The fourth-order valence-corrected chi connectivity index (χ4v) is 2.92. The van der Waals surface area contributed by atoms with Gasteiger partial charge in [-0.05, 0) is 37.1 Å². The number of rotatable bonds is 6. The fraction of sp³-hybridized carbons (Fsp3) is 0.350. The van der Waals surface area contributed by atoms with Gasteiger partial charge in [-0.25, -0.2) is 0 Å². The minimum absolute atomic E-state index is 0.136. The molecule has 0 bridgehead atoms. The number of nitrogens with one attached hydrogen (secondary N) is 1. The smallest absolute Gasteiger partial charge is 0.255 e. The number of aliphatic hydroxyl groups excluding tert-OH is 1. The van der Waals surface area contributed by atoms with Crippen molar-refractivity contribution in [3.05, 3.63) is 60.2 Å². The molecule has 0 spiro atoms. The first-order valence-electron chi connectivity index (χ1n) is 8.73. The van der Waals surface area contributed by atoms with Gasteiger partial charge in [0.2, 0.25) is 0 Å². The summed E-state index contributed by atoms with van der Waals surface area (Å²) in [5.74, 6) is 1.12. The van der Waals surface area contributed by atoms with Gasteiger partial charge >= 0.3 is 0 Å². The maximum Gasteiger partial charge on any atom is 0.255 e. The molecule has 25 heavy (non-hydrogen) atoms. The van der Waals surface area contributed by atoms with E-state index in [2.05, 4.69) is 10.2 Å². The lowest BCUT2D eigenvalue weighted by Gasteiger charge is -2.29. The summed E-state index contributed by atoms with van der Waals surface area (Å²) in [6.07, 6.45) is 1.44. The largest absolute Gasteiger partial charge is 0.457 e. The Morgan fingerprint density at radius 2 is 1.76 bits per heavy atom. The van der Waals surface area contributed by atoms with Crippen molar-refractivity contribution in [3.63, 3.8) is 0 Å². The molecule has 1 aliphatic rings. The molecule has 2 aromatic carbocycles. The van der Waals surface area contributed by atoms with Gasteiger partial charge in [0.05, 0.1) is 11.7 Å². The molecule has 132 valence electrons. The van der Waals surface area contributed by atoms with Crippen molar-refractivity contribution in [2.24, 2.45) is 0 Å².